The summed E-state index contributed by atoms with van der Waals surface area (Å²) < 4.78 is 0. The van der Waals surface area contributed by atoms with E-state index in [1.54, 1.807) is 0 Å². The molecule has 1 aromatic rings. The molecular formula is C15H20OS. The Labute approximate surface area is 108 Å². The lowest BCUT2D eigenvalue weighted by molar-refractivity contribution is -0.119. The maximum atomic E-state index is 12.0. The molecule has 0 N–H and O–H groups in total. The summed E-state index contributed by atoms with van der Waals surface area (Å²) >= 11 is 2.02. The molecule has 0 aromatic heterocycles. The fourth-order valence-electron chi connectivity index (χ4n) is 2.28. The molecule has 1 aromatic carbocycles. The predicted molar refractivity (Wildman–Crippen MR) is 74.6 cm³/mol. The third kappa shape index (κ3) is 4.19. The van der Waals surface area contributed by atoms with Gasteiger partial charge in [-0.05, 0) is 42.8 Å². The van der Waals surface area contributed by atoms with Gasteiger partial charge in [0.05, 0.1) is 0 Å². The normalized spacial score (nSPS) is 17.0. The lowest BCUT2D eigenvalue weighted by atomic mass is 9.94. The summed E-state index contributed by atoms with van der Waals surface area (Å²) in [4.78, 5) is 12.0. The first-order valence-electron chi connectivity index (χ1n) is 6.39. The zero-order chi connectivity index (χ0) is 12.1. The van der Waals surface area contributed by atoms with E-state index in [1.165, 1.54) is 29.9 Å². The number of hydrogen-bond donors (Lipinski definition) is 0. The summed E-state index contributed by atoms with van der Waals surface area (Å²) in [6.07, 6.45) is 3.85. The lowest BCUT2D eigenvalue weighted by Gasteiger charge is -2.20. The Balaban J connectivity index is 1.82. The van der Waals surface area contributed by atoms with E-state index in [9.17, 15) is 4.79 Å². The number of carbonyl (C=O) groups excluding carboxylic acids is 1. The van der Waals surface area contributed by atoms with E-state index in [1.807, 2.05) is 11.8 Å². The Morgan fingerprint density at radius 3 is 2.53 bits per heavy atom. The molecule has 0 atom stereocenters. The molecule has 1 fully saturated rings. The fraction of sp³-hybridized carbons (Fsp3) is 0.533. The van der Waals surface area contributed by atoms with Crippen molar-refractivity contribution in [3.05, 3.63) is 35.4 Å². The maximum Gasteiger partial charge on any atom is 0.137 e. The highest BCUT2D eigenvalue weighted by Crippen LogP contribution is 2.25. The Bertz CT molecular complexity index is 363. The number of ketones is 1. The Hall–Kier alpha value is -0.760. The molecule has 17 heavy (non-hydrogen) atoms. The molecule has 0 spiro atoms. The number of aryl methyl sites for hydroxylation is 1. The van der Waals surface area contributed by atoms with Crippen molar-refractivity contribution in [1.29, 1.82) is 0 Å². The number of rotatable bonds is 4. The van der Waals surface area contributed by atoms with Gasteiger partial charge < -0.3 is 0 Å². The van der Waals surface area contributed by atoms with Gasteiger partial charge >= 0.3 is 0 Å². The molecule has 0 unspecified atom stereocenters. The molecule has 0 saturated carbocycles. The summed E-state index contributed by atoms with van der Waals surface area (Å²) in [6, 6.07) is 8.31. The minimum Gasteiger partial charge on any atom is -0.299 e. The van der Waals surface area contributed by atoms with E-state index >= 15 is 0 Å². The second kappa shape index (κ2) is 6.25. The lowest BCUT2D eigenvalue weighted by Crippen LogP contribution is -2.15. The average molecular weight is 248 g/mol. The third-order valence-electron chi connectivity index (χ3n) is 3.38. The quantitative estimate of drug-likeness (QED) is 0.809. The second-order valence-electron chi connectivity index (χ2n) is 4.96. The van der Waals surface area contributed by atoms with Crippen molar-refractivity contribution >= 4 is 17.5 Å². The van der Waals surface area contributed by atoms with Gasteiger partial charge in [0.1, 0.15) is 5.78 Å². The first kappa shape index (κ1) is 12.7. The molecule has 1 heterocycles. The highest BCUT2D eigenvalue weighted by molar-refractivity contribution is 7.99. The Kier molecular flexibility index (Phi) is 4.66. The predicted octanol–water partition coefficient (Wildman–Crippen LogP) is 3.64. The molecule has 0 bridgehead atoms. The summed E-state index contributed by atoms with van der Waals surface area (Å²) in [5.74, 6) is 3.53. The first-order chi connectivity index (χ1) is 8.24. The molecule has 1 aliphatic heterocycles. The van der Waals surface area contributed by atoms with Gasteiger partial charge in [-0.15, -0.1) is 0 Å². The van der Waals surface area contributed by atoms with E-state index in [4.69, 9.17) is 0 Å². The van der Waals surface area contributed by atoms with Gasteiger partial charge in [0.25, 0.3) is 0 Å². The van der Waals surface area contributed by atoms with Gasteiger partial charge in [0.2, 0.25) is 0 Å². The van der Waals surface area contributed by atoms with Crippen LogP contribution in [-0.2, 0) is 11.2 Å². The van der Waals surface area contributed by atoms with Gasteiger partial charge in [-0.3, -0.25) is 4.79 Å². The van der Waals surface area contributed by atoms with Crippen LogP contribution in [0.1, 0.15) is 30.4 Å². The van der Waals surface area contributed by atoms with Crippen LogP contribution >= 0.6 is 11.8 Å². The molecular weight excluding hydrogens is 228 g/mol. The number of benzene rings is 1. The van der Waals surface area contributed by atoms with Crippen molar-refractivity contribution in [1.82, 2.24) is 0 Å². The van der Waals surface area contributed by atoms with Gasteiger partial charge in [0, 0.05) is 12.8 Å². The van der Waals surface area contributed by atoms with E-state index < -0.39 is 0 Å². The summed E-state index contributed by atoms with van der Waals surface area (Å²) in [6.45, 7) is 2.07. The number of thioether (sulfide) groups is 1. The average Bonchev–Trinajstić information content (AvgIpc) is 2.33. The topological polar surface area (TPSA) is 17.1 Å². The zero-order valence-corrected chi connectivity index (χ0v) is 11.3. The first-order valence-corrected chi connectivity index (χ1v) is 7.54. The molecule has 0 amide bonds. The van der Waals surface area contributed by atoms with Crippen LogP contribution in [-0.4, -0.2) is 17.3 Å². The number of hydrogen-bond acceptors (Lipinski definition) is 2. The summed E-state index contributed by atoms with van der Waals surface area (Å²) in [7, 11) is 0. The molecule has 92 valence electrons. The molecule has 0 radical (unpaired) electrons. The van der Waals surface area contributed by atoms with Crippen LogP contribution in [0.15, 0.2) is 24.3 Å². The van der Waals surface area contributed by atoms with Crippen molar-refractivity contribution in [2.24, 2.45) is 5.92 Å². The minimum atomic E-state index is 0.408. The monoisotopic (exact) mass is 248 g/mol. The largest absolute Gasteiger partial charge is 0.299 e. The van der Waals surface area contributed by atoms with Gasteiger partial charge in [-0.1, -0.05) is 29.8 Å². The molecule has 0 aliphatic carbocycles. The molecule has 1 saturated heterocycles. The van der Waals surface area contributed by atoms with Crippen LogP contribution in [0.4, 0.5) is 0 Å². The standard InChI is InChI=1S/C15H20OS/c1-12-2-4-13(5-3-12)10-15(16)11-14-6-8-17-9-7-14/h2-5,14H,6-11H2,1H3. The highest BCUT2D eigenvalue weighted by Gasteiger charge is 2.17. The van der Waals surface area contributed by atoms with E-state index in [0.29, 0.717) is 18.1 Å². The van der Waals surface area contributed by atoms with Crippen molar-refractivity contribution in [3.63, 3.8) is 0 Å². The maximum absolute atomic E-state index is 12.0. The van der Waals surface area contributed by atoms with Gasteiger partial charge in [-0.25, -0.2) is 0 Å². The van der Waals surface area contributed by atoms with Crippen molar-refractivity contribution in [2.75, 3.05) is 11.5 Å². The van der Waals surface area contributed by atoms with Crippen LogP contribution in [0, 0.1) is 12.8 Å². The van der Waals surface area contributed by atoms with Crippen LogP contribution in [0.3, 0.4) is 0 Å². The number of Topliss-reactive ketones (excluding diaryl/α,β-unsaturated/α-hetero) is 1. The van der Waals surface area contributed by atoms with Crippen LogP contribution in [0.5, 0.6) is 0 Å². The smallest absolute Gasteiger partial charge is 0.137 e. The van der Waals surface area contributed by atoms with Crippen LogP contribution in [0.2, 0.25) is 0 Å². The van der Waals surface area contributed by atoms with E-state index in [0.717, 1.165) is 12.0 Å². The number of carbonyl (C=O) groups is 1. The zero-order valence-electron chi connectivity index (χ0n) is 10.4. The van der Waals surface area contributed by atoms with Gasteiger partial charge in [-0.2, -0.15) is 11.8 Å². The molecule has 2 rings (SSSR count). The Morgan fingerprint density at radius 2 is 1.88 bits per heavy atom. The van der Waals surface area contributed by atoms with Crippen LogP contribution in [0.25, 0.3) is 0 Å². The van der Waals surface area contributed by atoms with Crippen LogP contribution < -0.4 is 0 Å². The summed E-state index contributed by atoms with van der Waals surface area (Å²) in [5, 5.41) is 0. The minimum absolute atomic E-state index is 0.408. The summed E-state index contributed by atoms with van der Waals surface area (Å²) in [5.41, 5.74) is 2.41. The Morgan fingerprint density at radius 1 is 1.24 bits per heavy atom. The van der Waals surface area contributed by atoms with E-state index in [2.05, 4.69) is 31.2 Å². The highest BCUT2D eigenvalue weighted by atomic mass is 32.2. The van der Waals surface area contributed by atoms with Crippen molar-refractivity contribution in [2.45, 2.75) is 32.6 Å². The second-order valence-corrected chi connectivity index (χ2v) is 6.19. The third-order valence-corrected chi connectivity index (χ3v) is 4.43. The molecule has 1 aliphatic rings. The van der Waals surface area contributed by atoms with Crippen molar-refractivity contribution in [3.8, 4) is 0 Å². The van der Waals surface area contributed by atoms with Gasteiger partial charge in [0.15, 0.2) is 0 Å². The molecule has 2 heteroatoms. The SMILES string of the molecule is Cc1ccc(CC(=O)CC2CCSCC2)cc1. The fourth-order valence-corrected chi connectivity index (χ4v) is 3.48. The van der Waals surface area contributed by atoms with Crippen molar-refractivity contribution < 1.29 is 4.79 Å². The molecule has 1 nitrogen and oxygen atoms in total. The van der Waals surface area contributed by atoms with E-state index in [-0.39, 0.29) is 0 Å².